The molecule has 0 heterocycles. The molecule has 2 N–H and O–H groups in total. The van der Waals surface area contributed by atoms with E-state index in [0.29, 0.717) is 11.1 Å². The minimum Gasteiger partial charge on any atom is -0.508 e. The molecule has 0 saturated heterocycles. The van der Waals surface area contributed by atoms with Gasteiger partial charge in [0, 0.05) is 11.1 Å². The van der Waals surface area contributed by atoms with Crippen molar-refractivity contribution in [3.63, 3.8) is 0 Å². The predicted octanol–water partition coefficient (Wildman–Crippen LogP) is 2.95. The lowest BCUT2D eigenvalue weighted by Gasteiger charge is -2.08. The molecule has 0 bridgehead atoms. The van der Waals surface area contributed by atoms with Crippen molar-refractivity contribution in [2.75, 3.05) is 0 Å². The van der Waals surface area contributed by atoms with Crippen LogP contribution in [0, 0.1) is 0 Å². The highest BCUT2D eigenvalue weighted by Gasteiger charge is 2.08. The summed E-state index contributed by atoms with van der Waals surface area (Å²) < 4.78 is 9.74. The van der Waals surface area contributed by atoms with Crippen LogP contribution in [0.2, 0.25) is 0 Å². The fraction of sp³-hybridized carbons (Fsp3) is 0.133. The lowest BCUT2D eigenvalue weighted by molar-refractivity contribution is 0.0439. The van der Waals surface area contributed by atoms with Gasteiger partial charge in [0.2, 0.25) is 0 Å². The average Bonchev–Trinajstić information content (AvgIpc) is 2.45. The van der Waals surface area contributed by atoms with Gasteiger partial charge in [0.25, 0.3) is 0 Å². The van der Waals surface area contributed by atoms with E-state index in [0.717, 1.165) is 0 Å². The molecule has 0 aliphatic heterocycles. The third-order valence-electron chi connectivity index (χ3n) is 2.67. The zero-order valence-corrected chi connectivity index (χ0v) is 10.7. The van der Waals surface area contributed by atoms with Gasteiger partial charge in [-0.15, -0.1) is 0 Å². The Morgan fingerprint density at radius 3 is 1.60 bits per heavy atom. The predicted molar refractivity (Wildman–Crippen MR) is 71.2 cm³/mol. The van der Waals surface area contributed by atoms with Gasteiger partial charge < -0.3 is 19.7 Å². The Labute approximate surface area is 116 Å². The minimum absolute atomic E-state index is 0.0565. The third kappa shape index (κ3) is 3.65. The number of carbonyl (C=O) groups excluding carboxylic acids is 1. The van der Waals surface area contributed by atoms with E-state index in [4.69, 9.17) is 9.47 Å². The molecule has 0 aromatic heterocycles. The molecule has 0 amide bonds. The van der Waals surface area contributed by atoms with Gasteiger partial charge in [-0.3, -0.25) is 0 Å². The molecule has 0 aliphatic carbocycles. The van der Waals surface area contributed by atoms with Gasteiger partial charge in [-0.05, 0) is 12.1 Å². The smallest absolute Gasteiger partial charge is 0.508 e. The zero-order valence-electron chi connectivity index (χ0n) is 10.7. The molecule has 0 radical (unpaired) electrons. The number of hydrogen-bond donors (Lipinski definition) is 2. The van der Waals surface area contributed by atoms with Crippen LogP contribution in [0.3, 0.4) is 0 Å². The Morgan fingerprint density at radius 2 is 1.20 bits per heavy atom. The molecular formula is C15H14O5. The summed E-state index contributed by atoms with van der Waals surface area (Å²) in [5, 5.41) is 19.0. The third-order valence-corrected chi connectivity index (χ3v) is 2.67. The van der Waals surface area contributed by atoms with Crippen molar-refractivity contribution in [1.82, 2.24) is 0 Å². The van der Waals surface area contributed by atoms with Crippen LogP contribution >= 0.6 is 0 Å². The van der Waals surface area contributed by atoms with Crippen molar-refractivity contribution in [1.29, 1.82) is 0 Å². The molecule has 5 nitrogen and oxygen atoms in total. The molecule has 104 valence electrons. The minimum atomic E-state index is -0.864. The van der Waals surface area contributed by atoms with Gasteiger partial charge in [0.1, 0.15) is 24.7 Å². The quantitative estimate of drug-likeness (QED) is 0.838. The molecular weight excluding hydrogens is 260 g/mol. The Hall–Kier alpha value is -2.69. The van der Waals surface area contributed by atoms with Crippen LogP contribution in [-0.2, 0) is 22.7 Å². The van der Waals surface area contributed by atoms with E-state index < -0.39 is 6.16 Å². The number of para-hydroxylation sites is 2. The average molecular weight is 274 g/mol. The van der Waals surface area contributed by atoms with Crippen molar-refractivity contribution in [3.05, 3.63) is 59.7 Å². The molecule has 20 heavy (non-hydrogen) atoms. The summed E-state index contributed by atoms with van der Waals surface area (Å²) >= 11 is 0. The summed E-state index contributed by atoms with van der Waals surface area (Å²) in [7, 11) is 0. The molecule has 0 spiro atoms. The van der Waals surface area contributed by atoms with E-state index in [1.54, 1.807) is 36.4 Å². The summed E-state index contributed by atoms with van der Waals surface area (Å²) in [5.41, 5.74) is 0.985. The van der Waals surface area contributed by atoms with Crippen LogP contribution < -0.4 is 0 Å². The van der Waals surface area contributed by atoms with E-state index >= 15 is 0 Å². The largest absolute Gasteiger partial charge is 0.508 e. The first-order valence-electron chi connectivity index (χ1n) is 6.00. The summed E-state index contributed by atoms with van der Waals surface area (Å²) in [6, 6.07) is 13.1. The van der Waals surface area contributed by atoms with Crippen LogP contribution in [0.4, 0.5) is 4.79 Å². The van der Waals surface area contributed by atoms with E-state index in [-0.39, 0.29) is 24.7 Å². The van der Waals surface area contributed by atoms with Gasteiger partial charge in [-0.2, -0.15) is 0 Å². The molecule has 0 unspecified atom stereocenters. The zero-order chi connectivity index (χ0) is 14.4. The highest BCUT2D eigenvalue weighted by atomic mass is 16.7. The Morgan fingerprint density at radius 1 is 0.800 bits per heavy atom. The number of phenolic OH excluding ortho intramolecular Hbond substituents is 2. The van der Waals surface area contributed by atoms with Crippen molar-refractivity contribution < 1.29 is 24.5 Å². The molecule has 5 heteroatoms. The Bertz CT molecular complexity index is 543. The number of carbonyl (C=O) groups is 1. The number of aromatic hydroxyl groups is 2. The highest BCUT2D eigenvalue weighted by Crippen LogP contribution is 2.18. The number of phenols is 2. The molecule has 0 fully saturated rings. The summed E-state index contributed by atoms with van der Waals surface area (Å²) in [4.78, 5) is 11.4. The van der Waals surface area contributed by atoms with Crippen molar-refractivity contribution >= 4 is 6.16 Å². The lowest BCUT2D eigenvalue weighted by Crippen LogP contribution is -2.07. The molecule has 0 atom stereocenters. The first kappa shape index (κ1) is 13.7. The summed E-state index contributed by atoms with van der Waals surface area (Å²) in [6.45, 7) is -0.154. The topological polar surface area (TPSA) is 76.0 Å². The second-order valence-corrected chi connectivity index (χ2v) is 4.08. The Balaban J connectivity index is 1.82. The van der Waals surface area contributed by atoms with Crippen LogP contribution in [0.1, 0.15) is 11.1 Å². The normalized spacial score (nSPS) is 10.0. The van der Waals surface area contributed by atoms with Crippen LogP contribution in [-0.4, -0.2) is 16.4 Å². The molecule has 2 rings (SSSR count). The highest BCUT2D eigenvalue weighted by molar-refractivity contribution is 5.60. The van der Waals surface area contributed by atoms with Crippen molar-refractivity contribution in [2.24, 2.45) is 0 Å². The fourth-order valence-corrected chi connectivity index (χ4v) is 1.58. The van der Waals surface area contributed by atoms with E-state index in [1.165, 1.54) is 12.1 Å². The number of benzene rings is 2. The van der Waals surface area contributed by atoms with Crippen LogP contribution in [0.25, 0.3) is 0 Å². The van der Waals surface area contributed by atoms with Crippen molar-refractivity contribution in [3.8, 4) is 11.5 Å². The van der Waals surface area contributed by atoms with E-state index in [1.807, 2.05) is 0 Å². The maximum atomic E-state index is 11.4. The van der Waals surface area contributed by atoms with Gasteiger partial charge >= 0.3 is 6.16 Å². The molecule has 2 aromatic carbocycles. The second-order valence-electron chi connectivity index (χ2n) is 4.08. The van der Waals surface area contributed by atoms with Gasteiger partial charge in [-0.25, -0.2) is 4.79 Å². The summed E-state index contributed by atoms with van der Waals surface area (Å²) in [5.74, 6) is 0.113. The number of ether oxygens (including phenoxy) is 2. The maximum Gasteiger partial charge on any atom is 0.508 e. The molecule has 0 saturated carbocycles. The second kappa shape index (κ2) is 6.47. The van der Waals surface area contributed by atoms with Crippen LogP contribution in [0.5, 0.6) is 11.5 Å². The maximum absolute atomic E-state index is 11.4. The van der Waals surface area contributed by atoms with E-state index in [2.05, 4.69) is 0 Å². The molecule has 0 aliphatic rings. The van der Waals surface area contributed by atoms with Gasteiger partial charge in [-0.1, -0.05) is 36.4 Å². The molecule has 2 aromatic rings. The van der Waals surface area contributed by atoms with Gasteiger partial charge in [0.15, 0.2) is 0 Å². The number of hydrogen-bond acceptors (Lipinski definition) is 5. The Kier molecular flexibility index (Phi) is 4.44. The lowest BCUT2D eigenvalue weighted by atomic mass is 10.2. The number of rotatable bonds is 4. The first-order chi connectivity index (χ1) is 9.66. The summed E-state index contributed by atoms with van der Waals surface area (Å²) in [6.07, 6.45) is -0.864. The SMILES string of the molecule is O=C(OCc1ccccc1O)OCc1ccccc1O. The van der Waals surface area contributed by atoms with Crippen molar-refractivity contribution in [2.45, 2.75) is 13.2 Å². The fourth-order valence-electron chi connectivity index (χ4n) is 1.58. The first-order valence-corrected chi connectivity index (χ1v) is 6.00. The van der Waals surface area contributed by atoms with Gasteiger partial charge in [0.05, 0.1) is 0 Å². The van der Waals surface area contributed by atoms with Crippen LogP contribution in [0.15, 0.2) is 48.5 Å². The standard InChI is InChI=1S/C15H14O5/c16-13-7-3-1-5-11(13)9-19-15(18)20-10-12-6-2-4-8-14(12)17/h1-8,16-17H,9-10H2. The monoisotopic (exact) mass is 274 g/mol. The van der Waals surface area contributed by atoms with E-state index in [9.17, 15) is 15.0 Å².